The summed E-state index contributed by atoms with van der Waals surface area (Å²) in [6.45, 7) is 5.07. The smallest absolute Gasteiger partial charge is 0.130 e. The van der Waals surface area contributed by atoms with Gasteiger partial charge < -0.3 is 10.5 Å². The number of rotatable bonds is 1. The molecule has 1 heterocycles. The van der Waals surface area contributed by atoms with Crippen LogP contribution < -0.4 is 5.73 Å². The van der Waals surface area contributed by atoms with Crippen LogP contribution in [0.3, 0.4) is 0 Å². The molecule has 0 bridgehead atoms. The average Bonchev–Trinajstić information content (AvgIpc) is 2.49. The van der Waals surface area contributed by atoms with Gasteiger partial charge in [0.05, 0.1) is 12.9 Å². The average molecular weight is 301 g/mol. The monoisotopic (exact) mass is 301 g/mol. The number of ether oxygens (including phenoxy) is 1. The van der Waals surface area contributed by atoms with E-state index in [4.69, 9.17) is 10.5 Å². The van der Waals surface area contributed by atoms with Crippen LogP contribution in [-0.4, -0.2) is 12.6 Å². The summed E-state index contributed by atoms with van der Waals surface area (Å²) in [6.07, 6.45) is 11.6. The maximum absolute atomic E-state index is 13.7. The van der Waals surface area contributed by atoms with Crippen molar-refractivity contribution in [2.75, 3.05) is 6.61 Å². The van der Waals surface area contributed by atoms with E-state index in [2.05, 4.69) is 19.9 Å². The Bertz CT molecular complexity index is 587. The van der Waals surface area contributed by atoms with E-state index in [1.54, 1.807) is 12.3 Å². The van der Waals surface area contributed by atoms with Gasteiger partial charge in [-0.3, -0.25) is 0 Å². The second-order valence-corrected chi connectivity index (χ2v) is 6.23. The summed E-state index contributed by atoms with van der Waals surface area (Å²) in [6, 6.07) is 7.21. The van der Waals surface area contributed by atoms with Gasteiger partial charge in [0.25, 0.3) is 0 Å². The van der Waals surface area contributed by atoms with Crippen molar-refractivity contribution in [3.8, 4) is 0 Å². The molecule has 0 spiro atoms. The highest BCUT2D eigenvalue weighted by atomic mass is 19.1. The predicted molar refractivity (Wildman–Crippen MR) is 89.6 cm³/mol. The Morgan fingerprint density at radius 3 is 2.59 bits per heavy atom. The van der Waals surface area contributed by atoms with Gasteiger partial charge in [0, 0.05) is 18.0 Å². The van der Waals surface area contributed by atoms with Gasteiger partial charge in [-0.2, -0.15) is 0 Å². The third-order valence-electron chi connectivity index (χ3n) is 3.91. The molecule has 0 aromatic heterocycles. The van der Waals surface area contributed by atoms with E-state index >= 15 is 0 Å². The Morgan fingerprint density at radius 1 is 1.27 bits per heavy atom. The highest BCUT2D eigenvalue weighted by Crippen LogP contribution is 2.40. The van der Waals surface area contributed by atoms with Crippen molar-refractivity contribution in [3.63, 3.8) is 0 Å². The summed E-state index contributed by atoms with van der Waals surface area (Å²) < 4.78 is 18.5. The third-order valence-corrected chi connectivity index (χ3v) is 3.91. The summed E-state index contributed by atoms with van der Waals surface area (Å²) in [5.41, 5.74) is 7.31. The largest absolute Gasteiger partial charge is 0.501 e. The van der Waals surface area contributed by atoms with Crippen LogP contribution in [0.2, 0.25) is 0 Å². The van der Waals surface area contributed by atoms with E-state index < -0.39 is 0 Å². The lowest BCUT2D eigenvalue weighted by molar-refractivity contribution is 0.223. The first kappa shape index (κ1) is 16.5. The minimum absolute atomic E-state index is 0.0247. The molecular formula is C19H24FNO. The second kappa shape index (κ2) is 7.41. The van der Waals surface area contributed by atoms with Crippen molar-refractivity contribution in [2.45, 2.75) is 32.7 Å². The molecule has 1 aliphatic heterocycles. The molecule has 1 unspecified atom stereocenters. The summed E-state index contributed by atoms with van der Waals surface area (Å²) >= 11 is 0. The maximum atomic E-state index is 13.7. The normalized spacial score (nSPS) is 22.2. The lowest BCUT2D eigenvalue weighted by Gasteiger charge is -2.29. The molecule has 1 atom stereocenters. The van der Waals surface area contributed by atoms with Crippen molar-refractivity contribution in [2.24, 2.45) is 11.1 Å². The molecule has 0 fully saturated rings. The van der Waals surface area contributed by atoms with E-state index in [9.17, 15) is 4.39 Å². The van der Waals surface area contributed by atoms with Crippen molar-refractivity contribution in [3.05, 3.63) is 66.2 Å². The first-order valence-electron chi connectivity index (χ1n) is 7.67. The van der Waals surface area contributed by atoms with Gasteiger partial charge in [-0.15, -0.1) is 0 Å². The molecule has 0 radical (unpaired) electrons. The fraction of sp³-hybridized carbons (Fsp3) is 0.368. The SMILES string of the molecule is CC1(C)CC=CC=C1c1ccccc1F.NC1C=COCC1. The van der Waals surface area contributed by atoms with Crippen LogP contribution in [0.1, 0.15) is 32.3 Å². The molecule has 1 aromatic rings. The summed E-state index contributed by atoms with van der Waals surface area (Å²) in [7, 11) is 0. The topological polar surface area (TPSA) is 35.2 Å². The lowest BCUT2D eigenvalue weighted by atomic mass is 9.75. The molecule has 2 N–H and O–H groups in total. The van der Waals surface area contributed by atoms with Crippen LogP contribution in [0.25, 0.3) is 5.57 Å². The first-order valence-corrected chi connectivity index (χ1v) is 7.67. The molecule has 1 aliphatic carbocycles. The van der Waals surface area contributed by atoms with Crippen molar-refractivity contribution < 1.29 is 9.13 Å². The van der Waals surface area contributed by atoms with Gasteiger partial charge in [-0.1, -0.05) is 50.3 Å². The third kappa shape index (κ3) is 4.31. The second-order valence-electron chi connectivity index (χ2n) is 6.23. The molecule has 0 amide bonds. The number of halogens is 1. The zero-order valence-corrected chi connectivity index (χ0v) is 13.3. The number of allylic oxidation sites excluding steroid dienone is 4. The van der Waals surface area contributed by atoms with Crippen LogP contribution >= 0.6 is 0 Å². The zero-order valence-electron chi connectivity index (χ0n) is 13.3. The molecule has 2 aliphatic rings. The molecule has 0 saturated heterocycles. The number of hydrogen-bond donors (Lipinski definition) is 1. The van der Waals surface area contributed by atoms with Gasteiger partial charge in [0.15, 0.2) is 0 Å². The van der Waals surface area contributed by atoms with Crippen LogP contribution in [0.5, 0.6) is 0 Å². The van der Waals surface area contributed by atoms with Gasteiger partial charge in [0.2, 0.25) is 0 Å². The Labute approximate surface area is 132 Å². The summed E-state index contributed by atoms with van der Waals surface area (Å²) in [5, 5.41) is 0. The minimum atomic E-state index is -0.132. The van der Waals surface area contributed by atoms with Crippen molar-refractivity contribution >= 4 is 5.57 Å². The molecule has 1 aromatic carbocycles. The zero-order chi connectivity index (χ0) is 16.0. The first-order chi connectivity index (χ1) is 10.5. The summed E-state index contributed by atoms with van der Waals surface area (Å²) in [5.74, 6) is -0.132. The van der Waals surface area contributed by atoms with Crippen molar-refractivity contribution in [1.29, 1.82) is 0 Å². The molecule has 2 nitrogen and oxygen atoms in total. The molecule has 0 saturated carbocycles. The standard InChI is InChI=1S/C14H15F.C5H9NO/c1-14(2)10-6-5-8-12(14)11-7-3-4-9-13(11)15;6-5-1-3-7-4-2-5/h3-9H,10H2,1-2H3;1,3,5H,2,4,6H2. The molecule has 3 heteroatoms. The van der Waals surface area contributed by atoms with Gasteiger partial charge in [-0.25, -0.2) is 4.39 Å². The fourth-order valence-electron chi connectivity index (χ4n) is 2.52. The number of benzene rings is 1. The minimum Gasteiger partial charge on any atom is -0.501 e. The predicted octanol–water partition coefficient (Wildman–Crippen LogP) is 4.44. The van der Waals surface area contributed by atoms with E-state index in [1.807, 2.05) is 30.4 Å². The molecule has 22 heavy (non-hydrogen) atoms. The fourth-order valence-corrected chi connectivity index (χ4v) is 2.52. The molecule has 3 rings (SSSR count). The molecule has 118 valence electrons. The van der Waals surface area contributed by atoms with Gasteiger partial charge >= 0.3 is 0 Å². The maximum Gasteiger partial charge on any atom is 0.130 e. The van der Waals surface area contributed by atoms with E-state index in [0.717, 1.165) is 30.6 Å². The Kier molecular flexibility index (Phi) is 5.56. The lowest BCUT2D eigenvalue weighted by Crippen LogP contribution is -2.21. The van der Waals surface area contributed by atoms with Gasteiger partial charge in [0.1, 0.15) is 5.82 Å². The number of nitrogens with two attached hydrogens (primary N) is 1. The van der Waals surface area contributed by atoms with Crippen LogP contribution in [0, 0.1) is 11.2 Å². The Hall–Kier alpha value is -1.87. The molecular weight excluding hydrogens is 277 g/mol. The number of hydrogen-bond acceptors (Lipinski definition) is 2. The van der Waals surface area contributed by atoms with Crippen molar-refractivity contribution in [1.82, 2.24) is 0 Å². The van der Waals surface area contributed by atoms with Crippen LogP contribution in [0.15, 0.2) is 54.8 Å². The van der Waals surface area contributed by atoms with E-state index in [-0.39, 0.29) is 17.3 Å². The highest BCUT2D eigenvalue weighted by molar-refractivity contribution is 5.72. The quantitative estimate of drug-likeness (QED) is 0.832. The summed E-state index contributed by atoms with van der Waals surface area (Å²) in [4.78, 5) is 0. The van der Waals surface area contributed by atoms with Crippen LogP contribution in [0.4, 0.5) is 4.39 Å². The highest BCUT2D eigenvalue weighted by Gasteiger charge is 2.26. The van der Waals surface area contributed by atoms with Crippen LogP contribution in [-0.2, 0) is 4.74 Å². The Balaban J connectivity index is 0.000000211. The van der Waals surface area contributed by atoms with E-state index in [0.29, 0.717) is 0 Å². The van der Waals surface area contributed by atoms with E-state index in [1.165, 1.54) is 6.07 Å². The Morgan fingerprint density at radius 2 is 2.05 bits per heavy atom. The van der Waals surface area contributed by atoms with Gasteiger partial charge in [-0.05, 0) is 29.6 Å².